The molecule has 0 saturated heterocycles. The van der Waals surface area contributed by atoms with E-state index >= 15 is 0 Å². The predicted molar refractivity (Wildman–Crippen MR) is 133 cm³/mol. The smallest absolute Gasteiger partial charge is 0.191 e. The predicted octanol–water partition coefficient (Wildman–Crippen LogP) is 3.44. The lowest BCUT2D eigenvalue weighted by Crippen LogP contribution is -2.39. The summed E-state index contributed by atoms with van der Waals surface area (Å²) in [5, 5.41) is 10.8. The third kappa shape index (κ3) is 11.5. The van der Waals surface area contributed by atoms with Crippen LogP contribution in [0.25, 0.3) is 0 Å². The van der Waals surface area contributed by atoms with Crippen LogP contribution < -0.4 is 10.6 Å². The van der Waals surface area contributed by atoms with Gasteiger partial charge in [0.05, 0.1) is 32.9 Å². The van der Waals surface area contributed by atoms with Crippen molar-refractivity contribution in [1.82, 2.24) is 20.4 Å². The zero-order valence-corrected chi connectivity index (χ0v) is 20.5. The van der Waals surface area contributed by atoms with Crippen molar-refractivity contribution in [2.45, 2.75) is 39.8 Å². The van der Waals surface area contributed by atoms with E-state index in [-0.39, 0.29) is 24.0 Å². The zero-order chi connectivity index (χ0) is 20.6. The molecule has 2 N–H and O–H groups in total. The zero-order valence-electron chi connectivity index (χ0n) is 18.2. The van der Waals surface area contributed by atoms with Gasteiger partial charge in [0.25, 0.3) is 0 Å². The number of aromatic nitrogens is 2. The first kappa shape index (κ1) is 26.4. The second-order valence-corrected chi connectivity index (χ2v) is 6.72. The number of hydrogen-bond acceptors (Lipinski definition) is 4. The van der Waals surface area contributed by atoms with E-state index in [1.807, 2.05) is 16.9 Å². The number of unbranched alkanes of at least 4 members (excludes halogenated alkanes) is 1. The molecule has 0 fully saturated rings. The summed E-state index contributed by atoms with van der Waals surface area (Å²) < 4.78 is 13.0. The van der Waals surface area contributed by atoms with Crippen LogP contribution in [-0.4, -0.2) is 55.3 Å². The van der Waals surface area contributed by atoms with Crippen molar-refractivity contribution in [3.8, 4) is 0 Å². The molecule has 0 saturated carbocycles. The van der Waals surface area contributed by atoms with Gasteiger partial charge in [0.2, 0.25) is 0 Å². The third-order valence-electron chi connectivity index (χ3n) is 4.21. The number of benzene rings is 1. The lowest BCUT2D eigenvalue weighted by atomic mass is 10.1. The molecular weight excluding hydrogens is 493 g/mol. The van der Waals surface area contributed by atoms with Crippen LogP contribution in [0, 0.1) is 0 Å². The highest BCUT2D eigenvalue weighted by Crippen LogP contribution is 2.08. The quantitative estimate of drug-likeness (QED) is 0.170. The van der Waals surface area contributed by atoms with E-state index in [9.17, 15) is 0 Å². The van der Waals surface area contributed by atoms with Crippen LogP contribution in [0.4, 0.5) is 0 Å². The summed E-state index contributed by atoms with van der Waals surface area (Å²) >= 11 is 0. The Morgan fingerprint density at radius 1 is 1.03 bits per heavy atom. The summed E-state index contributed by atoms with van der Waals surface area (Å²) in [7, 11) is 0. The Bertz CT molecular complexity index is 695. The monoisotopic (exact) mass is 529 g/mol. The van der Waals surface area contributed by atoms with Crippen LogP contribution in [0.5, 0.6) is 0 Å². The Morgan fingerprint density at radius 2 is 1.83 bits per heavy atom. The molecule has 1 aromatic heterocycles. The number of nitrogens with one attached hydrogen (secondary N) is 2. The highest BCUT2D eigenvalue weighted by Gasteiger charge is 2.00. The van der Waals surface area contributed by atoms with Gasteiger partial charge in [-0.15, -0.1) is 24.0 Å². The Labute approximate surface area is 197 Å². The molecule has 0 aliphatic heterocycles. The molecule has 0 aliphatic carbocycles. The van der Waals surface area contributed by atoms with Crippen molar-refractivity contribution < 1.29 is 9.47 Å². The Balaban J connectivity index is 0.00000450. The van der Waals surface area contributed by atoms with Gasteiger partial charge in [0.15, 0.2) is 5.96 Å². The molecule has 1 heterocycles. The van der Waals surface area contributed by atoms with Gasteiger partial charge >= 0.3 is 0 Å². The maximum absolute atomic E-state index is 5.59. The maximum Gasteiger partial charge on any atom is 0.191 e. The summed E-state index contributed by atoms with van der Waals surface area (Å²) in [6.45, 7) is 9.86. The van der Waals surface area contributed by atoms with E-state index < -0.39 is 0 Å². The first-order valence-corrected chi connectivity index (χ1v) is 10.5. The summed E-state index contributed by atoms with van der Waals surface area (Å²) in [4.78, 5) is 4.68. The fraction of sp³-hybridized carbons (Fsp3) is 0.545. The van der Waals surface area contributed by atoms with E-state index in [1.165, 1.54) is 11.1 Å². The van der Waals surface area contributed by atoms with E-state index in [0.717, 1.165) is 38.5 Å². The molecular formula is C22H36IN5O2. The molecule has 0 aliphatic rings. The van der Waals surface area contributed by atoms with E-state index in [0.29, 0.717) is 32.9 Å². The van der Waals surface area contributed by atoms with Crippen molar-refractivity contribution in [3.05, 3.63) is 53.9 Å². The Kier molecular flexibility index (Phi) is 15.0. The molecule has 7 nitrogen and oxygen atoms in total. The van der Waals surface area contributed by atoms with Crippen LogP contribution in [0.15, 0.2) is 47.7 Å². The van der Waals surface area contributed by atoms with Crippen LogP contribution >= 0.6 is 24.0 Å². The van der Waals surface area contributed by atoms with Crippen LogP contribution in [0.3, 0.4) is 0 Å². The standard InChI is InChI=1S/C22H35N5O2.HI/c1-3-5-13-28-15-16-29-14-11-24-22(23-4-2)25-18-20-8-6-9-21(17-20)19-27-12-7-10-26-27;/h6-10,12,17H,3-5,11,13-16,18-19H2,1-2H3,(H2,23,24,25);1H. The van der Waals surface area contributed by atoms with Gasteiger partial charge in [-0.1, -0.05) is 37.6 Å². The Morgan fingerprint density at radius 3 is 2.57 bits per heavy atom. The lowest BCUT2D eigenvalue weighted by molar-refractivity contribution is 0.0487. The van der Waals surface area contributed by atoms with Gasteiger partial charge in [-0.05, 0) is 30.5 Å². The van der Waals surface area contributed by atoms with Crippen molar-refractivity contribution in [2.24, 2.45) is 4.99 Å². The maximum atomic E-state index is 5.59. The number of nitrogens with zero attached hydrogens (tertiary/aromatic N) is 3. The molecule has 2 rings (SSSR count). The summed E-state index contributed by atoms with van der Waals surface area (Å²) in [6, 6.07) is 10.4. The number of hydrogen-bond donors (Lipinski definition) is 2. The lowest BCUT2D eigenvalue weighted by Gasteiger charge is -2.12. The summed E-state index contributed by atoms with van der Waals surface area (Å²) in [5.41, 5.74) is 2.39. The molecule has 1 aromatic carbocycles. The molecule has 30 heavy (non-hydrogen) atoms. The van der Waals surface area contributed by atoms with Gasteiger partial charge < -0.3 is 20.1 Å². The minimum absolute atomic E-state index is 0. The largest absolute Gasteiger partial charge is 0.379 e. The van der Waals surface area contributed by atoms with Crippen LogP contribution in [0.2, 0.25) is 0 Å². The molecule has 168 valence electrons. The van der Waals surface area contributed by atoms with Gasteiger partial charge in [-0.2, -0.15) is 5.10 Å². The highest BCUT2D eigenvalue weighted by atomic mass is 127. The number of aliphatic imine (C=N–C) groups is 1. The fourth-order valence-corrected chi connectivity index (χ4v) is 2.73. The molecule has 0 bridgehead atoms. The molecule has 0 radical (unpaired) electrons. The molecule has 2 aromatic rings. The number of rotatable bonds is 14. The number of ether oxygens (including phenoxy) is 2. The molecule has 0 unspecified atom stereocenters. The average molecular weight is 529 g/mol. The Hall–Kier alpha value is -1.65. The second-order valence-electron chi connectivity index (χ2n) is 6.72. The summed E-state index contributed by atoms with van der Waals surface area (Å²) in [6.07, 6.45) is 6.03. The minimum Gasteiger partial charge on any atom is -0.379 e. The highest BCUT2D eigenvalue weighted by molar-refractivity contribution is 14.0. The van der Waals surface area contributed by atoms with E-state index in [2.05, 4.69) is 58.8 Å². The van der Waals surface area contributed by atoms with Crippen LogP contribution in [-0.2, 0) is 22.6 Å². The normalized spacial score (nSPS) is 11.2. The number of guanidine groups is 1. The molecule has 0 atom stereocenters. The van der Waals surface area contributed by atoms with Gasteiger partial charge in [0.1, 0.15) is 0 Å². The van der Waals surface area contributed by atoms with Crippen LogP contribution in [0.1, 0.15) is 37.8 Å². The third-order valence-corrected chi connectivity index (χ3v) is 4.21. The molecule has 8 heteroatoms. The SMILES string of the molecule is CCCCOCCOCCNC(=NCc1cccc(Cn2cccn2)c1)NCC.I. The number of halogens is 1. The van der Waals surface area contributed by atoms with Crippen molar-refractivity contribution >= 4 is 29.9 Å². The van der Waals surface area contributed by atoms with Gasteiger partial charge in [0, 0.05) is 32.1 Å². The van der Waals surface area contributed by atoms with E-state index in [4.69, 9.17) is 9.47 Å². The molecule has 0 amide bonds. The van der Waals surface area contributed by atoms with Crippen molar-refractivity contribution in [2.75, 3.05) is 39.5 Å². The average Bonchev–Trinajstić information content (AvgIpc) is 3.24. The topological polar surface area (TPSA) is 72.7 Å². The fourth-order valence-electron chi connectivity index (χ4n) is 2.73. The minimum atomic E-state index is 0. The van der Waals surface area contributed by atoms with E-state index in [1.54, 1.807) is 6.20 Å². The van der Waals surface area contributed by atoms with Crippen molar-refractivity contribution in [3.63, 3.8) is 0 Å². The van der Waals surface area contributed by atoms with Gasteiger partial charge in [-0.3, -0.25) is 4.68 Å². The second kappa shape index (κ2) is 17.1. The van der Waals surface area contributed by atoms with Gasteiger partial charge in [-0.25, -0.2) is 4.99 Å². The molecule has 0 spiro atoms. The van der Waals surface area contributed by atoms with Crippen molar-refractivity contribution in [1.29, 1.82) is 0 Å². The summed E-state index contributed by atoms with van der Waals surface area (Å²) in [5.74, 6) is 0.799. The first-order chi connectivity index (χ1) is 14.3. The first-order valence-electron chi connectivity index (χ1n) is 10.5.